The third-order valence-electron chi connectivity index (χ3n) is 2.23. The molecule has 1 aromatic rings. The second-order valence-electron chi connectivity index (χ2n) is 3.56. The van der Waals surface area contributed by atoms with E-state index in [-0.39, 0.29) is 12.2 Å². The highest BCUT2D eigenvalue weighted by molar-refractivity contribution is 6.30. The Morgan fingerprint density at radius 1 is 1.33 bits per heavy atom. The van der Waals surface area contributed by atoms with Crippen molar-refractivity contribution in [1.82, 2.24) is 0 Å². The highest BCUT2D eigenvalue weighted by Crippen LogP contribution is 2.12. The Bertz CT molecular complexity index is 452. The monoisotopic (exact) mass is 249 g/mol. The van der Waals surface area contributed by atoms with Crippen LogP contribution in [0, 0.1) is 0 Å². The van der Waals surface area contributed by atoms with Gasteiger partial charge in [-0.1, -0.05) is 0 Å². The van der Waals surface area contributed by atoms with Gasteiger partial charge in [-0.3, -0.25) is 4.99 Å². The Labute approximate surface area is 104 Å². The van der Waals surface area contributed by atoms with Crippen molar-refractivity contribution in [1.29, 1.82) is 0 Å². The molecule has 0 saturated heterocycles. The minimum atomic E-state index is -0.974. The standard InChI is InChI=1S/C12H15N3O3/c13-15-11(2-1-7-16)8-14-10-5-3-9(4-6-10)12(17)18/h3-6,8,16H,1-2,7,13H2,(H,17,18). The summed E-state index contributed by atoms with van der Waals surface area (Å²) >= 11 is 0. The van der Waals surface area contributed by atoms with Crippen LogP contribution in [-0.4, -0.2) is 34.7 Å². The lowest BCUT2D eigenvalue weighted by molar-refractivity contribution is 0.0697. The topological polar surface area (TPSA) is 108 Å². The van der Waals surface area contributed by atoms with Crippen molar-refractivity contribution in [3.05, 3.63) is 29.8 Å². The number of nitrogens with two attached hydrogens (primary N) is 1. The number of aliphatic hydroxyl groups excluding tert-OH is 1. The molecule has 0 heterocycles. The molecule has 0 atom stereocenters. The molecule has 0 aliphatic rings. The zero-order chi connectivity index (χ0) is 13.4. The summed E-state index contributed by atoms with van der Waals surface area (Å²) in [4.78, 5) is 14.8. The number of benzene rings is 1. The third-order valence-corrected chi connectivity index (χ3v) is 2.23. The summed E-state index contributed by atoms with van der Waals surface area (Å²) in [5, 5.41) is 21.0. The summed E-state index contributed by atoms with van der Waals surface area (Å²) in [5.41, 5.74) is 1.40. The van der Waals surface area contributed by atoms with E-state index in [2.05, 4.69) is 10.1 Å². The van der Waals surface area contributed by atoms with Gasteiger partial charge in [0.05, 0.1) is 23.2 Å². The van der Waals surface area contributed by atoms with Crippen molar-refractivity contribution in [3.63, 3.8) is 0 Å². The first-order chi connectivity index (χ1) is 8.67. The molecule has 0 fully saturated rings. The number of aliphatic imine (C=N–C) groups is 1. The molecular formula is C12H15N3O3. The molecule has 0 radical (unpaired) electrons. The number of hydrogen-bond donors (Lipinski definition) is 3. The van der Waals surface area contributed by atoms with Crippen molar-refractivity contribution in [3.8, 4) is 0 Å². The highest BCUT2D eigenvalue weighted by atomic mass is 16.4. The van der Waals surface area contributed by atoms with Crippen molar-refractivity contribution >= 4 is 23.6 Å². The lowest BCUT2D eigenvalue weighted by atomic mass is 10.2. The number of hydrazone groups is 1. The van der Waals surface area contributed by atoms with Gasteiger partial charge in [0, 0.05) is 6.61 Å². The van der Waals surface area contributed by atoms with Crippen LogP contribution in [0.2, 0.25) is 0 Å². The smallest absolute Gasteiger partial charge is 0.335 e. The molecule has 4 N–H and O–H groups in total. The van der Waals surface area contributed by atoms with E-state index in [9.17, 15) is 4.79 Å². The van der Waals surface area contributed by atoms with E-state index in [1.165, 1.54) is 18.3 Å². The van der Waals surface area contributed by atoms with Crippen LogP contribution in [0.4, 0.5) is 5.69 Å². The fraction of sp³-hybridized carbons (Fsp3) is 0.250. The van der Waals surface area contributed by atoms with Gasteiger partial charge < -0.3 is 16.1 Å². The van der Waals surface area contributed by atoms with E-state index in [0.717, 1.165) is 0 Å². The van der Waals surface area contributed by atoms with Gasteiger partial charge in [0.2, 0.25) is 0 Å². The Morgan fingerprint density at radius 2 is 2.00 bits per heavy atom. The lowest BCUT2D eigenvalue weighted by Gasteiger charge is -1.98. The number of carbonyl (C=O) groups is 1. The maximum atomic E-state index is 10.6. The number of nitrogens with zero attached hydrogens (tertiary/aromatic N) is 2. The number of aromatic carboxylic acids is 1. The molecule has 0 amide bonds. The summed E-state index contributed by atoms with van der Waals surface area (Å²) in [6.45, 7) is 0.0696. The fourth-order valence-electron chi connectivity index (χ4n) is 1.26. The molecule has 0 bridgehead atoms. The highest BCUT2D eigenvalue weighted by Gasteiger charge is 2.01. The van der Waals surface area contributed by atoms with Crippen LogP contribution < -0.4 is 5.84 Å². The Balaban J connectivity index is 2.68. The molecule has 0 aliphatic carbocycles. The second kappa shape index (κ2) is 7.18. The van der Waals surface area contributed by atoms with E-state index in [1.54, 1.807) is 12.1 Å². The molecule has 0 saturated carbocycles. The number of aliphatic hydroxyl groups is 1. The van der Waals surface area contributed by atoms with Crippen LogP contribution in [0.15, 0.2) is 34.4 Å². The maximum absolute atomic E-state index is 10.6. The average molecular weight is 249 g/mol. The van der Waals surface area contributed by atoms with Gasteiger partial charge in [-0.05, 0) is 37.1 Å². The maximum Gasteiger partial charge on any atom is 0.335 e. The summed E-state index contributed by atoms with van der Waals surface area (Å²) < 4.78 is 0. The zero-order valence-electron chi connectivity index (χ0n) is 9.78. The normalized spacial score (nSPS) is 11.9. The van der Waals surface area contributed by atoms with Crippen LogP contribution in [0.25, 0.3) is 0 Å². The third kappa shape index (κ3) is 4.34. The van der Waals surface area contributed by atoms with Gasteiger partial charge in [0.1, 0.15) is 0 Å². The van der Waals surface area contributed by atoms with E-state index in [4.69, 9.17) is 16.1 Å². The van der Waals surface area contributed by atoms with E-state index >= 15 is 0 Å². The molecule has 0 aliphatic heterocycles. The van der Waals surface area contributed by atoms with E-state index in [0.29, 0.717) is 24.2 Å². The quantitative estimate of drug-likeness (QED) is 0.399. The number of carboxylic acids is 1. The summed E-state index contributed by atoms with van der Waals surface area (Å²) in [6, 6.07) is 6.14. The van der Waals surface area contributed by atoms with Gasteiger partial charge in [-0.25, -0.2) is 4.79 Å². The van der Waals surface area contributed by atoms with Crippen molar-refractivity contribution in [2.45, 2.75) is 12.8 Å². The van der Waals surface area contributed by atoms with E-state index < -0.39 is 5.97 Å². The average Bonchev–Trinajstić information content (AvgIpc) is 2.39. The van der Waals surface area contributed by atoms with Crippen molar-refractivity contribution < 1.29 is 15.0 Å². The van der Waals surface area contributed by atoms with Crippen LogP contribution >= 0.6 is 0 Å². The largest absolute Gasteiger partial charge is 0.478 e. The molecule has 6 heteroatoms. The van der Waals surface area contributed by atoms with Gasteiger partial charge in [-0.15, -0.1) is 0 Å². The van der Waals surface area contributed by atoms with Gasteiger partial charge in [0.15, 0.2) is 0 Å². The number of hydrogen-bond acceptors (Lipinski definition) is 5. The van der Waals surface area contributed by atoms with Gasteiger partial charge >= 0.3 is 5.97 Å². The Morgan fingerprint density at radius 3 is 2.50 bits per heavy atom. The summed E-state index contributed by atoms with van der Waals surface area (Å²) in [5.74, 6) is 4.20. The molecule has 96 valence electrons. The molecule has 0 spiro atoms. The Hall–Kier alpha value is -2.21. The molecule has 0 aromatic heterocycles. The molecule has 6 nitrogen and oxygen atoms in total. The molecular weight excluding hydrogens is 234 g/mol. The first kappa shape index (κ1) is 13.9. The minimum absolute atomic E-state index is 0.0696. The number of rotatable bonds is 6. The minimum Gasteiger partial charge on any atom is -0.478 e. The van der Waals surface area contributed by atoms with Crippen LogP contribution in [-0.2, 0) is 0 Å². The predicted molar refractivity (Wildman–Crippen MR) is 69.5 cm³/mol. The summed E-state index contributed by atoms with van der Waals surface area (Å²) in [7, 11) is 0. The summed E-state index contributed by atoms with van der Waals surface area (Å²) in [6.07, 6.45) is 2.62. The fourth-order valence-corrected chi connectivity index (χ4v) is 1.26. The second-order valence-corrected chi connectivity index (χ2v) is 3.56. The molecule has 1 aromatic carbocycles. The first-order valence-corrected chi connectivity index (χ1v) is 5.42. The SMILES string of the molecule is NN=C(C=Nc1ccc(C(=O)O)cc1)CCCO. The number of carboxylic acid groups (broad SMARTS) is 1. The van der Waals surface area contributed by atoms with Crippen molar-refractivity contribution in [2.24, 2.45) is 15.9 Å². The Kier molecular flexibility index (Phi) is 5.53. The first-order valence-electron chi connectivity index (χ1n) is 5.42. The predicted octanol–water partition coefficient (Wildman–Crippen LogP) is 1.17. The van der Waals surface area contributed by atoms with Crippen LogP contribution in [0.3, 0.4) is 0 Å². The van der Waals surface area contributed by atoms with Gasteiger partial charge in [-0.2, -0.15) is 5.10 Å². The lowest BCUT2D eigenvalue weighted by Crippen LogP contribution is -2.04. The van der Waals surface area contributed by atoms with E-state index in [1.807, 2.05) is 0 Å². The van der Waals surface area contributed by atoms with Crippen LogP contribution in [0.5, 0.6) is 0 Å². The van der Waals surface area contributed by atoms with Crippen LogP contribution in [0.1, 0.15) is 23.2 Å². The molecule has 1 rings (SSSR count). The molecule has 0 unspecified atom stereocenters. The molecule has 18 heavy (non-hydrogen) atoms. The van der Waals surface area contributed by atoms with Crippen molar-refractivity contribution in [2.75, 3.05) is 6.61 Å². The zero-order valence-corrected chi connectivity index (χ0v) is 9.78. The van der Waals surface area contributed by atoms with Gasteiger partial charge in [0.25, 0.3) is 0 Å².